The van der Waals surface area contributed by atoms with Crippen molar-refractivity contribution in [3.05, 3.63) is 40.4 Å². The Morgan fingerprint density at radius 1 is 1.35 bits per heavy atom. The minimum atomic E-state index is -3.60. The summed E-state index contributed by atoms with van der Waals surface area (Å²) in [5.74, 6) is 0.689. The van der Waals surface area contributed by atoms with Crippen molar-refractivity contribution in [3.8, 4) is 0 Å². The molecule has 0 aliphatic rings. The molecule has 9 heteroatoms. The Balaban J connectivity index is 2.42. The molecule has 0 amide bonds. The first-order valence-electron chi connectivity index (χ1n) is 5.73. The zero-order valence-electron chi connectivity index (χ0n) is 11.3. The van der Waals surface area contributed by atoms with Gasteiger partial charge in [0.1, 0.15) is 6.54 Å². The van der Waals surface area contributed by atoms with Gasteiger partial charge in [-0.2, -0.15) is 4.98 Å². The van der Waals surface area contributed by atoms with E-state index in [1.165, 1.54) is 37.0 Å². The Hall–Kier alpha value is -2.00. The van der Waals surface area contributed by atoms with E-state index >= 15 is 0 Å². The second-order valence-electron chi connectivity index (χ2n) is 4.35. The molecule has 0 spiro atoms. The molecule has 0 N–H and O–H groups in total. The zero-order chi connectivity index (χ0) is 14.9. The summed E-state index contributed by atoms with van der Waals surface area (Å²) in [5.41, 5.74) is -0.349. The molecule has 0 aromatic carbocycles. The predicted molar refractivity (Wildman–Crippen MR) is 69.7 cm³/mol. The topological polar surface area (TPSA) is 98.3 Å². The lowest BCUT2D eigenvalue weighted by Crippen LogP contribution is -2.26. The molecular formula is C11H14N4O4S. The molecule has 0 saturated carbocycles. The molecule has 0 radical (unpaired) electrons. The van der Waals surface area contributed by atoms with E-state index in [-0.39, 0.29) is 22.9 Å². The summed E-state index contributed by atoms with van der Waals surface area (Å²) in [4.78, 5) is 15.7. The molecule has 108 valence electrons. The third kappa shape index (κ3) is 2.78. The monoisotopic (exact) mass is 298 g/mol. The maximum Gasteiger partial charge on any atom is 0.251 e. The molecule has 2 rings (SSSR count). The summed E-state index contributed by atoms with van der Waals surface area (Å²) in [6.07, 6.45) is 1.26. The maximum absolute atomic E-state index is 12.0. The second kappa shape index (κ2) is 5.17. The molecule has 8 nitrogen and oxygen atoms in total. The van der Waals surface area contributed by atoms with Gasteiger partial charge in [0.25, 0.3) is 5.56 Å². The van der Waals surface area contributed by atoms with Crippen LogP contribution in [-0.2, 0) is 16.6 Å². The predicted octanol–water partition coefficient (Wildman–Crippen LogP) is -0.162. The highest BCUT2D eigenvalue weighted by molar-refractivity contribution is 7.89. The first kappa shape index (κ1) is 14.4. The third-order valence-electron chi connectivity index (χ3n) is 2.61. The van der Waals surface area contributed by atoms with Crippen LogP contribution in [0.15, 0.2) is 32.5 Å². The molecule has 0 bridgehead atoms. The number of hydrogen-bond acceptors (Lipinski definition) is 6. The van der Waals surface area contributed by atoms with Crippen LogP contribution in [0.5, 0.6) is 0 Å². The van der Waals surface area contributed by atoms with Crippen molar-refractivity contribution in [2.45, 2.75) is 18.4 Å². The van der Waals surface area contributed by atoms with Crippen molar-refractivity contribution in [2.75, 3.05) is 14.1 Å². The summed E-state index contributed by atoms with van der Waals surface area (Å²) >= 11 is 0. The molecule has 2 heterocycles. The summed E-state index contributed by atoms with van der Waals surface area (Å²) in [5, 5.41) is 3.61. The van der Waals surface area contributed by atoms with Crippen LogP contribution in [0.25, 0.3) is 0 Å². The molecule has 0 aliphatic heterocycles. The fourth-order valence-corrected chi connectivity index (χ4v) is 2.47. The van der Waals surface area contributed by atoms with E-state index in [1.54, 1.807) is 6.92 Å². The van der Waals surface area contributed by atoms with E-state index < -0.39 is 10.0 Å². The number of nitrogens with zero attached hydrogens (tertiary/aromatic N) is 4. The zero-order valence-corrected chi connectivity index (χ0v) is 12.1. The van der Waals surface area contributed by atoms with Crippen molar-refractivity contribution < 1.29 is 12.9 Å². The average Bonchev–Trinajstić information content (AvgIpc) is 2.77. The number of aromatic nitrogens is 3. The van der Waals surface area contributed by atoms with Crippen LogP contribution in [0.1, 0.15) is 11.7 Å². The average molecular weight is 298 g/mol. The van der Waals surface area contributed by atoms with E-state index in [2.05, 4.69) is 10.1 Å². The van der Waals surface area contributed by atoms with Gasteiger partial charge in [-0.15, -0.1) is 0 Å². The van der Waals surface area contributed by atoms with Gasteiger partial charge in [-0.25, -0.2) is 12.7 Å². The second-order valence-corrected chi connectivity index (χ2v) is 6.51. The molecular weight excluding hydrogens is 284 g/mol. The number of rotatable bonds is 4. The third-order valence-corrected chi connectivity index (χ3v) is 4.41. The first-order chi connectivity index (χ1) is 9.30. The minimum Gasteiger partial charge on any atom is -0.337 e. The van der Waals surface area contributed by atoms with Crippen LogP contribution in [-0.4, -0.2) is 41.5 Å². The van der Waals surface area contributed by atoms with Gasteiger partial charge in [0.05, 0.1) is 4.90 Å². The van der Waals surface area contributed by atoms with E-state index in [0.717, 1.165) is 4.31 Å². The van der Waals surface area contributed by atoms with Crippen LogP contribution in [0, 0.1) is 6.92 Å². The number of hydrogen-bond donors (Lipinski definition) is 0. The van der Waals surface area contributed by atoms with Gasteiger partial charge in [-0.1, -0.05) is 5.16 Å². The quantitative estimate of drug-likeness (QED) is 0.777. The molecule has 2 aromatic rings. The van der Waals surface area contributed by atoms with Gasteiger partial charge >= 0.3 is 0 Å². The summed E-state index contributed by atoms with van der Waals surface area (Å²) < 4.78 is 31.2. The molecule has 0 saturated heterocycles. The van der Waals surface area contributed by atoms with Gasteiger partial charge in [-0.05, 0) is 13.0 Å². The summed E-state index contributed by atoms with van der Waals surface area (Å²) in [6, 6.07) is 2.47. The maximum atomic E-state index is 12.0. The molecule has 2 aromatic heterocycles. The van der Waals surface area contributed by atoms with Gasteiger partial charge in [0, 0.05) is 26.4 Å². The lowest BCUT2D eigenvalue weighted by Gasteiger charge is -2.12. The van der Waals surface area contributed by atoms with E-state index in [1.807, 2.05) is 0 Å². The Labute approximate surface area is 115 Å². The minimum absolute atomic E-state index is 0.0243. The van der Waals surface area contributed by atoms with Gasteiger partial charge in [-0.3, -0.25) is 4.79 Å². The highest BCUT2D eigenvalue weighted by Crippen LogP contribution is 2.11. The smallest absolute Gasteiger partial charge is 0.251 e. The standard InChI is InChI=1S/C11H14N4O4S/c1-8-12-10(19-13-8)7-15-6-9(4-5-11(15)16)20(17,18)14(2)3/h4-6H,7H2,1-3H3. The first-order valence-corrected chi connectivity index (χ1v) is 7.17. The molecule has 0 unspecified atom stereocenters. The van der Waals surface area contributed by atoms with Crippen LogP contribution < -0.4 is 5.56 Å². The fourth-order valence-electron chi connectivity index (χ4n) is 1.55. The van der Waals surface area contributed by atoms with Crippen LogP contribution in [0.4, 0.5) is 0 Å². The highest BCUT2D eigenvalue weighted by Gasteiger charge is 2.18. The molecule has 0 aliphatic carbocycles. The number of aryl methyl sites for hydroxylation is 1. The van der Waals surface area contributed by atoms with Crippen molar-refractivity contribution in [2.24, 2.45) is 0 Å². The Morgan fingerprint density at radius 3 is 2.60 bits per heavy atom. The van der Waals surface area contributed by atoms with Crippen molar-refractivity contribution in [1.29, 1.82) is 0 Å². The lowest BCUT2D eigenvalue weighted by molar-refractivity contribution is 0.366. The molecule has 20 heavy (non-hydrogen) atoms. The normalized spacial score (nSPS) is 12.0. The van der Waals surface area contributed by atoms with Crippen LogP contribution >= 0.6 is 0 Å². The molecule has 0 atom stereocenters. The molecule has 0 fully saturated rings. The summed E-state index contributed by atoms with van der Waals surface area (Å²) in [7, 11) is -0.751. The van der Waals surface area contributed by atoms with E-state index in [4.69, 9.17) is 4.52 Å². The van der Waals surface area contributed by atoms with Crippen LogP contribution in [0.3, 0.4) is 0 Å². The number of pyridine rings is 1. The van der Waals surface area contributed by atoms with Crippen molar-refractivity contribution >= 4 is 10.0 Å². The highest BCUT2D eigenvalue weighted by atomic mass is 32.2. The van der Waals surface area contributed by atoms with Gasteiger partial charge in [0.2, 0.25) is 15.9 Å². The SMILES string of the molecule is Cc1noc(Cn2cc(S(=O)(=O)N(C)C)ccc2=O)n1. The Bertz CT molecular complexity index is 776. The Kier molecular flexibility index (Phi) is 3.73. The lowest BCUT2D eigenvalue weighted by atomic mass is 10.4. The Morgan fingerprint density at radius 2 is 2.05 bits per heavy atom. The van der Waals surface area contributed by atoms with Gasteiger partial charge < -0.3 is 9.09 Å². The van der Waals surface area contributed by atoms with E-state index in [9.17, 15) is 13.2 Å². The summed E-state index contributed by atoms with van der Waals surface area (Å²) in [6.45, 7) is 1.68. The number of sulfonamides is 1. The fraction of sp³-hybridized carbons (Fsp3) is 0.364. The van der Waals surface area contributed by atoms with Gasteiger partial charge in [0.15, 0.2) is 5.82 Å². The van der Waals surface area contributed by atoms with Crippen molar-refractivity contribution in [3.63, 3.8) is 0 Å². The van der Waals surface area contributed by atoms with Crippen LogP contribution in [0.2, 0.25) is 0 Å². The van der Waals surface area contributed by atoms with Crippen molar-refractivity contribution in [1.82, 2.24) is 19.0 Å². The largest absolute Gasteiger partial charge is 0.337 e. The van der Waals surface area contributed by atoms with E-state index in [0.29, 0.717) is 5.82 Å².